The van der Waals surface area contributed by atoms with Gasteiger partial charge in [0.2, 0.25) is 0 Å². The summed E-state index contributed by atoms with van der Waals surface area (Å²) in [5, 5.41) is 9.23. The molecule has 2 aromatic carbocycles. The standard InChI is InChI=1S/C25H23ClN6O2/c1-34-22-6-2-5-21(16-22)30-12-14-31(15-13-30)25(33)23-24(18-4-3-11-27-17-18)32(29-28-23)20-9-7-19(26)8-10-20/h2-11,16-17H,12-15H2,1H3. The zero-order chi connectivity index (χ0) is 23.5. The number of methoxy groups -OCH3 is 1. The van der Waals surface area contributed by atoms with Gasteiger partial charge in [-0.1, -0.05) is 22.9 Å². The number of rotatable bonds is 5. The first-order valence-corrected chi connectivity index (χ1v) is 11.3. The molecule has 1 aliphatic heterocycles. The van der Waals surface area contributed by atoms with Crippen LogP contribution in [0.15, 0.2) is 73.1 Å². The van der Waals surface area contributed by atoms with Crippen molar-refractivity contribution < 1.29 is 9.53 Å². The number of hydrogen-bond donors (Lipinski definition) is 0. The highest BCUT2D eigenvalue weighted by atomic mass is 35.5. The van der Waals surface area contributed by atoms with E-state index in [0.717, 1.165) is 22.7 Å². The Morgan fingerprint density at radius 1 is 0.971 bits per heavy atom. The number of benzene rings is 2. The number of anilines is 1. The number of aromatic nitrogens is 4. The summed E-state index contributed by atoms with van der Waals surface area (Å²) in [7, 11) is 1.66. The molecule has 0 atom stereocenters. The summed E-state index contributed by atoms with van der Waals surface area (Å²) in [5.41, 5.74) is 3.52. The van der Waals surface area contributed by atoms with Crippen molar-refractivity contribution in [3.63, 3.8) is 0 Å². The van der Waals surface area contributed by atoms with Crippen LogP contribution in [0, 0.1) is 0 Å². The number of carbonyl (C=O) groups excluding carboxylic acids is 1. The second-order valence-corrected chi connectivity index (χ2v) is 8.33. The van der Waals surface area contributed by atoms with Gasteiger partial charge in [-0.2, -0.15) is 0 Å². The molecule has 4 aromatic rings. The molecule has 1 saturated heterocycles. The van der Waals surface area contributed by atoms with E-state index in [2.05, 4.69) is 26.3 Å². The second kappa shape index (κ2) is 9.52. The third kappa shape index (κ3) is 4.32. The Labute approximate surface area is 202 Å². The second-order valence-electron chi connectivity index (χ2n) is 7.90. The molecule has 1 amide bonds. The lowest BCUT2D eigenvalue weighted by Crippen LogP contribution is -2.49. The molecule has 0 saturated carbocycles. The maximum Gasteiger partial charge on any atom is 0.276 e. The normalized spacial score (nSPS) is 13.7. The smallest absolute Gasteiger partial charge is 0.276 e. The summed E-state index contributed by atoms with van der Waals surface area (Å²) in [4.78, 5) is 21.9. The number of pyridine rings is 1. The minimum atomic E-state index is -0.149. The lowest BCUT2D eigenvalue weighted by molar-refractivity contribution is 0.0741. The Morgan fingerprint density at radius 2 is 1.76 bits per heavy atom. The molecule has 0 bridgehead atoms. The van der Waals surface area contributed by atoms with Crippen molar-refractivity contribution in [2.24, 2.45) is 0 Å². The minimum absolute atomic E-state index is 0.149. The van der Waals surface area contributed by atoms with Gasteiger partial charge in [0.25, 0.3) is 5.91 Å². The van der Waals surface area contributed by atoms with Crippen molar-refractivity contribution >= 4 is 23.2 Å². The van der Waals surface area contributed by atoms with Crippen molar-refractivity contribution in [2.45, 2.75) is 0 Å². The summed E-state index contributed by atoms with van der Waals surface area (Å²) in [6.45, 7) is 2.59. The molecule has 34 heavy (non-hydrogen) atoms. The fraction of sp³-hybridized carbons (Fsp3) is 0.200. The topological polar surface area (TPSA) is 76.4 Å². The van der Waals surface area contributed by atoms with Crippen LogP contribution in [-0.2, 0) is 0 Å². The zero-order valence-corrected chi connectivity index (χ0v) is 19.4. The maximum absolute atomic E-state index is 13.6. The van der Waals surface area contributed by atoms with E-state index in [1.165, 1.54) is 0 Å². The van der Waals surface area contributed by atoms with Gasteiger partial charge in [-0.25, -0.2) is 4.68 Å². The van der Waals surface area contributed by atoms with Crippen molar-refractivity contribution in [3.8, 4) is 22.7 Å². The molecule has 5 rings (SSSR count). The molecule has 0 N–H and O–H groups in total. The van der Waals surface area contributed by atoms with Crippen LogP contribution in [0.25, 0.3) is 16.9 Å². The first kappa shape index (κ1) is 21.9. The largest absolute Gasteiger partial charge is 0.497 e. The summed E-state index contributed by atoms with van der Waals surface area (Å²) < 4.78 is 7.00. The lowest BCUT2D eigenvalue weighted by atomic mass is 10.1. The first-order valence-electron chi connectivity index (χ1n) is 10.9. The fourth-order valence-corrected chi connectivity index (χ4v) is 4.20. The van der Waals surface area contributed by atoms with Gasteiger partial charge in [0.15, 0.2) is 5.69 Å². The Balaban J connectivity index is 1.41. The zero-order valence-electron chi connectivity index (χ0n) is 18.6. The first-order chi connectivity index (χ1) is 16.6. The van der Waals surface area contributed by atoms with Gasteiger partial charge >= 0.3 is 0 Å². The molecule has 0 radical (unpaired) electrons. The molecule has 1 aliphatic rings. The molecule has 9 heteroatoms. The van der Waals surface area contributed by atoms with Crippen LogP contribution in [-0.4, -0.2) is 64.1 Å². The summed E-state index contributed by atoms with van der Waals surface area (Å²) in [6, 6.07) is 18.9. The molecular formula is C25H23ClN6O2. The van der Waals surface area contributed by atoms with Crippen molar-refractivity contribution in [2.75, 3.05) is 38.2 Å². The van der Waals surface area contributed by atoms with E-state index in [1.807, 2.05) is 47.4 Å². The average molecular weight is 475 g/mol. The molecule has 0 unspecified atom stereocenters. The number of hydrogen-bond acceptors (Lipinski definition) is 6. The maximum atomic E-state index is 13.6. The number of amides is 1. The lowest BCUT2D eigenvalue weighted by Gasteiger charge is -2.36. The van der Waals surface area contributed by atoms with Gasteiger partial charge in [-0.05, 0) is 48.5 Å². The number of ether oxygens (including phenoxy) is 1. The van der Waals surface area contributed by atoms with E-state index in [0.29, 0.717) is 42.6 Å². The minimum Gasteiger partial charge on any atom is -0.497 e. The molecule has 0 spiro atoms. The van der Waals surface area contributed by atoms with Crippen molar-refractivity contribution in [1.29, 1.82) is 0 Å². The SMILES string of the molecule is COc1cccc(N2CCN(C(=O)c3nnn(-c4ccc(Cl)cc4)c3-c3cccnc3)CC2)c1. The Hall–Kier alpha value is -3.91. The van der Waals surface area contributed by atoms with Gasteiger partial charge in [0, 0.05) is 60.9 Å². The van der Waals surface area contributed by atoms with E-state index in [1.54, 1.807) is 36.3 Å². The van der Waals surface area contributed by atoms with Crippen LogP contribution in [0.4, 0.5) is 5.69 Å². The summed E-state index contributed by atoms with van der Waals surface area (Å²) >= 11 is 6.06. The van der Waals surface area contributed by atoms with Crippen LogP contribution in [0.3, 0.4) is 0 Å². The van der Waals surface area contributed by atoms with Crippen LogP contribution in [0.1, 0.15) is 10.5 Å². The summed E-state index contributed by atoms with van der Waals surface area (Å²) in [6.07, 6.45) is 3.40. The quantitative estimate of drug-likeness (QED) is 0.436. The fourth-order valence-electron chi connectivity index (χ4n) is 4.08. The third-order valence-corrected chi connectivity index (χ3v) is 6.12. The van der Waals surface area contributed by atoms with Gasteiger partial charge in [0.05, 0.1) is 12.8 Å². The molecule has 2 aromatic heterocycles. The molecule has 8 nitrogen and oxygen atoms in total. The average Bonchev–Trinajstić information content (AvgIpc) is 3.34. The molecule has 1 fully saturated rings. The van der Waals surface area contributed by atoms with Crippen molar-refractivity contribution in [3.05, 3.63) is 83.8 Å². The van der Waals surface area contributed by atoms with Gasteiger partial charge < -0.3 is 14.5 Å². The Bertz CT molecular complexity index is 1280. The van der Waals surface area contributed by atoms with Gasteiger partial charge in [-0.3, -0.25) is 9.78 Å². The highest BCUT2D eigenvalue weighted by Crippen LogP contribution is 2.27. The van der Waals surface area contributed by atoms with E-state index >= 15 is 0 Å². The number of halogens is 1. The number of piperazine rings is 1. The van der Waals surface area contributed by atoms with E-state index in [9.17, 15) is 4.79 Å². The van der Waals surface area contributed by atoms with E-state index in [-0.39, 0.29) is 5.91 Å². The Morgan fingerprint density at radius 3 is 2.47 bits per heavy atom. The highest BCUT2D eigenvalue weighted by Gasteiger charge is 2.29. The number of nitrogens with zero attached hydrogens (tertiary/aromatic N) is 6. The predicted molar refractivity (Wildman–Crippen MR) is 131 cm³/mol. The number of carbonyl (C=O) groups is 1. The van der Waals surface area contributed by atoms with Crippen LogP contribution >= 0.6 is 11.6 Å². The van der Waals surface area contributed by atoms with Crippen molar-refractivity contribution in [1.82, 2.24) is 24.9 Å². The molecular weight excluding hydrogens is 452 g/mol. The monoisotopic (exact) mass is 474 g/mol. The van der Waals surface area contributed by atoms with Crippen LogP contribution in [0.5, 0.6) is 5.75 Å². The van der Waals surface area contributed by atoms with Gasteiger partial charge in [0.1, 0.15) is 11.4 Å². The molecule has 3 heterocycles. The van der Waals surface area contributed by atoms with Crippen LogP contribution in [0.2, 0.25) is 5.02 Å². The van der Waals surface area contributed by atoms with Gasteiger partial charge in [-0.15, -0.1) is 5.10 Å². The van der Waals surface area contributed by atoms with E-state index in [4.69, 9.17) is 16.3 Å². The Kier molecular flexibility index (Phi) is 6.14. The van der Waals surface area contributed by atoms with E-state index < -0.39 is 0 Å². The summed E-state index contributed by atoms with van der Waals surface area (Å²) in [5.74, 6) is 0.667. The highest BCUT2D eigenvalue weighted by molar-refractivity contribution is 6.30. The third-order valence-electron chi connectivity index (χ3n) is 5.86. The van der Waals surface area contributed by atoms with Crippen LogP contribution < -0.4 is 9.64 Å². The molecule has 0 aliphatic carbocycles. The molecule has 172 valence electrons. The predicted octanol–water partition coefficient (Wildman–Crippen LogP) is 3.95.